The van der Waals surface area contributed by atoms with Crippen LogP contribution in [0.4, 0.5) is 0 Å². The lowest BCUT2D eigenvalue weighted by atomic mass is 9.99. The SMILES string of the molecule is CCCCC/C=C\C/C=C\CCCCCCCCCCCCCCCCCCCC(=O)OC1C(OCC(NC(=O)C(O)CCCCCCCCCC/C=C\C/C=C\CCCCC)C(O)/C=C/CCCCCCCCCCC)OC(CO)C(O)C1O. The lowest BCUT2D eigenvalue weighted by molar-refractivity contribution is -0.305. The van der Waals surface area contributed by atoms with Gasteiger partial charge in [0.15, 0.2) is 12.4 Å². The van der Waals surface area contributed by atoms with E-state index in [1.165, 1.54) is 212 Å². The molecule has 11 heteroatoms. The van der Waals surface area contributed by atoms with Crippen LogP contribution in [0.5, 0.6) is 0 Å². The summed E-state index contributed by atoms with van der Waals surface area (Å²) in [5.41, 5.74) is 0. The number of aliphatic hydroxyl groups excluding tert-OH is 5. The lowest BCUT2D eigenvalue weighted by Crippen LogP contribution is -2.61. The fourth-order valence-corrected chi connectivity index (χ4v) is 11.2. The van der Waals surface area contributed by atoms with Crippen LogP contribution in [-0.4, -0.2) is 99.6 Å². The monoisotopic (exact) mass is 1200 g/mol. The van der Waals surface area contributed by atoms with E-state index in [2.05, 4.69) is 74.7 Å². The number of aliphatic hydroxyl groups is 5. The first-order valence-corrected chi connectivity index (χ1v) is 36.1. The molecular formula is C74H135NO10. The maximum atomic E-state index is 13.5. The van der Waals surface area contributed by atoms with Crippen LogP contribution in [0.2, 0.25) is 0 Å². The zero-order valence-electron chi connectivity index (χ0n) is 55.2. The molecule has 0 saturated carbocycles. The van der Waals surface area contributed by atoms with Crippen LogP contribution in [0.1, 0.15) is 335 Å². The molecule has 85 heavy (non-hydrogen) atoms. The normalized spacial score (nSPS) is 18.7. The second-order valence-corrected chi connectivity index (χ2v) is 25.0. The van der Waals surface area contributed by atoms with Crippen molar-refractivity contribution in [2.45, 2.75) is 384 Å². The molecule has 0 aromatic heterocycles. The van der Waals surface area contributed by atoms with Crippen LogP contribution >= 0.6 is 0 Å². The van der Waals surface area contributed by atoms with Gasteiger partial charge in [-0.25, -0.2) is 0 Å². The molecule has 0 aliphatic carbocycles. The van der Waals surface area contributed by atoms with Gasteiger partial charge in [0.05, 0.1) is 25.4 Å². The minimum absolute atomic E-state index is 0.125. The third-order valence-electron chi connectivity index (χ3n) is 16.9. The fraction of sp³-hybridized carbons (Fsp3) is 0.838. The van der Waals surface area contributed by atoms with Gasteiger partial charge in [0, 0.05) is 6.42 Å². The highest BCUT2D eigenvalue weighted by molar-refractivity contribution is 5.80. The van der Waals surface area contributed by atoms with E-state index in [-0.39, 0.29) is 19.4 Å². The molecule has 6 N–H and O–H groups in total. The standard InChI is InChI=1S/C74H135NO10/c1-4-7-10-13-16-19-22-24-26-28-30-31-32-33-34-35-36-37-38-40-42-44-47-50-53-56-59-62-69(79)85-72-71(81)70(80)68(63-76)84-74(72)83-64-65(66(77)60-57-54-51-48-45-21-18-15-12-9-6-3)75-73(82)67(78)61-58-55-52-49-46-43-41-39-29-27-25-23-20-17-14-11-8-5-2/h16-17,19-20,24-27,57,60,65-68,70-72,74,76-78,80-81H,4-15,18,21-23,28-56,58-59,61-64H2,1-3H3,(H,75,82)/b19-16-,20-17-,26-24-,27-25-,60-57+. The molecule has 0 bridgehead atoms. The molecule has 8 atom stereocenters. The molecule has 496 valence electrons. The van der Waals surface area contributed by atoms with E-state index in [1.807, 2.05) is 6.08 Å². The Bertz CT molecular complexity index is 1620. The molecule has 0 spiro atoms. The Hall–Kier alpha value is -2.64. The Morgan fingerprint density at radius 2 is 0.812 bits per heavy atom. The van der Waals surface area contributed by atoms with E-state index in [1.54, 1.807) is 6.08 Å². The average molecular weight is 1200 g/mol. The molecule has 0 radical (unpaired) electrons. The highest BCUT2D eigenvalue weighted by atomic mass is 16.7. The second-order valence-electron chi connectivity index (χ2n) is 25.0. The molecule has 1 amide bonds. The number of ether oxygens (including phenoxy) is 3. The van der Waals surface area contributed by atoms with E-state index in [4.69, 9.17) is 14.2 Å². The summed E-state index contributed by atoms with van der Waals surface area (Å²) in [5, 5.41) is 57.2. The van der Waals surface area contributed by atoms with Crippen LogP contribution in [0.3, 0.4) is 0 Å². The van der Waals surface area contributed by atoms with Crippen LogP contribution < -0.4 is 5.32 Å². The van der Waals surface area contributed by atoms with Crippen molar-refractivity contribution < 1.29 is 49.3 Å². The van der Waals surface area contributed by atoms with Crippen LogP contribution in [-0.2, 0) is 23.8 Å². The number of rotatable bonds is 62. The van der Waals surface area contributed by atoms with Crippen molar-refractivity contribution in [3.05, 3.63) is 60.8 Å². The largest absolute Gasteiger partial charge is 0.454 e. The Balaban J connectivity index is 2.51. The second kappa shape index (κ2) is 61.6. The molecule has 1 saturated heterocycles. The van der Waals surface area contributed by atoms with Crippen molar-refractivity contribution in [1.29, 1.82) is 0 Å². The van der Waals surface area contributed by atoms with Crippen LogP contribution in [0, 0.1) is 0 Å². The lowest BCUT2D eigenvalue weighted by Gasteiger charge is -2.41. The number of esters is 1. The minimum Gasteiger partial charge on any atom is -0.454 e. The third kappa shape index (κ3) is 48.9. The quantitative estimate of drug-likeness (QED) is 0.0195. The Kier molecular flexibility index (Phi) is 58.2. The van der Waals surface area contributed by atoms with Crippen molar-refractivity contribution in [3.63, 3.8) is 0 Å². The molecule has 1 aliphatic heterocycles. The number of amides is 1. The van der Waals surface area contributed by atoms with Gasteiger partial charge in [0.1, 0.15) is 24.4 Å². The number of carbonyl (C=O) groups excluding carboxylic acids is 2. The Morgan fingerprint density at radius 1 is 0.459 bits per heavy atom. The van der Waals surface area contributed by atoms with Crippen LogP contribution in [0.15, 0.2) is 60.8 Å². The first-order valence-electron chi connectivity index (χ1n) is 36.1. The van der Waals surface area contributed by atoms with Gasteiger partial charge in [-0.1, -0.05) is 300 Å². The van der Waals surface area contributed by atoms with Crippen LogP contribution in [0.25, 0.3) is 0 Å². The summed E-state index contributed by atoms with van der Waals surface area (Å²) in [7, 11) is 0. The zero-order valence-corrected chi connectivity index (χ0v) is 55.2. The summed E-state index contributed by atoms with van der Waals surface area (Å²) in [6, 6.07) is -1.03. The van der Waals surface area contributed by atoms with E-state index < -0.39 is 67.4 Å². The number of carbonyl (C=O) groups is 2. The van der Waals surface area contributed by atoms with E-state index in [0.717, 1.165) is 77.0 Å². The first kappa shape index (κ1) is 80.4. The summed E-state index contributed by atoms with van der Waals surface area (Å²) in [6.07, 6.45) is 68.4. The molecule has 1 heterocycles. The molecular weight excluding hydrogens is 1060 g/mol. The van der Waals surface area contributed by atoms with Gasteiger partial charge in [-0.2, -0.15) is 0 Å². The first-order chi connectivity index (χ1) is 41.7. The maximum absolute atomic E-state index is 13.5. The fourth-order valence-electron chi connectivity index (χ4n) is 11.2. The van der Waals surface area contributed by atoms with E-state index >= 15 is 0 Å². The average Bonchev–Trinajstić information content (AvgIpc) is 2.92. The van der Waals surface area contributed by atoms with Crippen molar-refractivity contribution >= 4 is 11.9 Å². The van der Waals surface area contributed by atoms with Crippen molar-refractivity contribution in [1.82, 2.24) is 5.32 Å². The predicted molar refractivity (Wildman–Crippen MR) is 356 cm³/mol. The molecule has 1 aliphatic rings. The van der Waals surface area contributed by atoms with Crippen molar-refractivity contribution in [2.24, 2.45) is 0 Å². The minimum atomic E-state index is -1.61. The molecule has 0 aromatic carbocycles. The molecule has 1 fully saturated rings. The maximum Gasteiger partial charge on any atom is 0.306 e. The zero-order chi connectivity index (χ0) is 61.7. The van der Waals surface area contributed by atoms with Gasteiger partial charge in [0.2, 0.25) is 5.91 Å². The summed E-state index contributed by atoms with van der Waals surface area (Å²) < 4.78 is 17.7. The van der Waals surface area contributed by atoms with Gasteiger partial charge in [-0.15, -0.1) is 0 Å². The molecule has 11 nitrogen and oxygen atoms in total. The summed E-state index contributed by atoms with van der Waals surface area (Å²) in [6.45, 7) is 5.77. The van der Waals surface area contributed by atoms with Gasteiger partial charge < -0.3 is 45.1 Å². The summed E-state index contributed by atoms with van der Waals surface area (Å²) in [4.78, 5) is 26.7. The van der Waals surface area contributed by atoms with Gasteiger partial charge >= 0.3 is 5.97 Å². The van der Waals surface area contributed by atoms with Gasteiger partial charge in [-0.3, -0.25) is 9.59 Å². The highest BCUT2D eigenvalue weighted by Gasteiger charge is 2.47. The number of allylic oxidation sites excluding steroid dienone is 9. The van der Waals surface area contributed by atoms with E-state index in [0.29, 0.717) is 12.8 Å². The predicted octanol–water partition coefficient (Wildman–Crippen LogP) is 18.5. The molecule has 1 rings (SSSR count). The smallest absolute Gasteiger partial charge is 0.306 e. The van der Waals surface area contributed by atoms with E-state index in [9.17, 15) is 35.1 Å². The number of hydrogen-bond acceptors (Lipinski definition) is 10. The topological polar surface area (TPSA) is 175 Å². The Morgan fingerprint density at radius 3 is 1.22 bits per heavy atom. The van der Waals surface area contributed by atoms with Crippen molar-refractivity contribution in [2.75, 3.05) is 13.2 Å². The van der Waals surface area contributed by atoms with Crippen molar-refractivity contribution in [3.8, 4) is 0 Å². The number of unbranched alkanes of at least 4 members (excludes halogenated alkanes) is 40. The van der Waals surface area contributed by atoms with Gasteiger partial charge in [0.25, 0.3) is 0 Å². The number of hydrogen-bond donors (Lipinski definition) is 6. The summed E-state index contributed by atoms with van der Waals surface area (Å²) in [5.74, 6) is -1.19. The molecule has 8 unspecified atom stereocenters. The highest BCUT2D eigenvalue weighted by Crippen LogP contribution is 2.26. The Labute approximate surface area is 522 Å². The summed E-state index contributed by atoms with van der Waals surface area (Å²) >= 11 is 0. The molecule has 0 aromatic rings. The van der Waals surface area contributed by atoms with Gasteiger partial charge in [-0.05, 0) is 89.9 Å². The third-order valence-corrected chi connectivity index (χ3v) is 16.9. The number of nitrogens with one attached hydrogen (secondary N) is 1.